The summed E-state index contributed by atoms with van der Waals surface area (Å²) in [6.45, 7) is 0.239. The molecule has 0 bridgehead atoms. The van der Waals surface area contributed by atoms with Crippen LogP contribution >= 0.6 is 0 Å². The first-order chi connectivity index (χ1) is 13.6. The number of carboxylic acids is 1. The molecule has 0 spiro atoms. The summed E-state index contributed by atoms with van der Waals surface area (Å²) in [5.41, 5.74) is 3.77. The lowest BCUT2D eigenvalue weighted by Gasteiger charge is -2.08. The smallest absolute Gasteiger partial charge is 0.337 e. The predicted octanol–water partition coefficient (Wildman–Crippen LogP) is 3.61. The molecule has 1 aromatic heterocycles. The van der Waals surface area contributed by atoms with Crippen molar-refractivity contribution in [1.29, 1.82) is 5.26 Å². The molecular formula is C22H15N3O3. The number of carbonyl (C=O) groups is 1. The Kier molecular flexibility index (Phi) is 4.26. The molecule has 1 heterocycles. The van der Waals surface area contributed by atoms with Gasteiger partial charge >= 0.3 is 11.7 Å². The molecule has 0 fully saturated rings. The third kappa shape index (κ3) is 2.95. The Morgan fingerprint density at radius 2 is 1.79 bits per heavy atom. The SMILES string of the molecule is N#Cc1ccccc1-c1ccc(Cn2c(=O)[nH]c3cccc(C(=O)O)c32)cc1. The number of imidazole rings is 1. The van der Waals surface area contributed by atoms with Gasteiger partial charge in [0.05, 0.1) is 34.8 Å². The quantitative estimate of drug-likeness (QED) is 0.574. The van der Waals surface area contributed by atoms with E-state index >= 15 is 0 Å². The van der Waals surface area contributed by atoms with Crippen LogP contribution in [0.5, 0.6) is 0 Å². The van der Waals surface area contributed by atoms with Crippen molar-refractivity contribution in [1.82, 2.24) is 9.55 Å². The molecule has 0 aliphatic carbocycles. The van der Waals surface area contributed by atoms with Crippen LogP contribution in [0.1, 0.15) is 21.5 Å². The van der Waals surface area contributed by atoms with E-state index in [0.717, 1.165) is 16.7 Å². The van der Waals surface area contributed by atoms with Crippen LogP contribution in [0.3, 0.4) is 0 Å². The Morgan fingerprint density at radius 3 is 2.50 bits per heavy atom. The number of fused-ring (bicyclic) bond motifs is 1. The molecule has 0 aliphatic rings. The standard InChI is InChI=1S/C22H15N3O3/c23-12-16-4-1-2-5-17(16)15-10-8-14(9-11-15)13-25-20-18(21(26)27)6-3-7-19(20)24-22(25)28/h1-11H,13H2,(H,24,28)(H,26,27). The molecule has 4 aromatic rings. The highest BCUT2D eigenvalue weighted by atomic mass is 16.4. The minimum atomic E-state index is -1.08. The molecule has 4 rings (SSSR count). The van der Waals surface area contributed by atoms with E-state index in [-0.39, 0.29) is 17.8 Å². The maximum Gasteiger partial charge on any atom is 0.337 e. The number of hydrogen-bond acceptors (Lipinski definition) is 3. The van der Waals surface area contributed by atoms with Crippen LogP contribution in [0.2, 0.25) is 0 Å². The number of hydrogen-bond donors (Lipinski definition) is 2. The van der Waals surface area contributed by atoms with E-state index in [2.05, 4.69) is 11.1 Å². The zero-order chi connectivity index (χ0) is 19.7. The average molecular weight is 369 g/mol. The fraction of sp³-hybridized carbons (Fsp3) is 0.0455. The molecule has 28 heavy (non-hydrogen) atoms. The molecule has 0 saturated carbocycles. The van der Waals surface area contributed by atoms with Crippen LogP contribution < -0.4 is 5.69 Å². The number of aromatic carboxylic acids is 1. The summed E-state index contributed by atoms with van der Waals surface area (Å²) in [5, 5.41) is 18.7. The third-order valence-corrected chi connectivity index (χ3v) is 4.68. The van der Waals surface area contributed by atoms with Crippen LogP contribution in [-0.4, -0.2) is 20.6 Å². The molecule has 0 amide bonds. The van der Waals surface area contributed by atoms with Crippen molar-refractivity contribution < 1.29 is 9.90 Å². The van der Waals surface area contributed by atoms with Gasteiger partial charge in [0.25, 0.3) is 0 Å². The number of H-pyrrole nitrogens is 1. The lowest BCUT2D eigenvalue weighted by molar-refractivity contribution is 0.0698. The number of para-hydroxylation sites is 1. The number of nitriles is 1. The number of carboxylic acid groups (broad SMARTS) is 1. The summed E-state index contributed by atoms with van der Waals surface area (Å²) in [6.07, 6.45) is 0. The minimum absolute atomic E-state index is 0.0791. The Hall–Kier alpha value is -4.11. The van der Waals surface area contributed by atoms with Gasteiger partial charge in [0.1, 0.15) is 0 Å². The predicted molar refractivity (Wildman–Crippen MR) is 105 cm³/mol. The summed E-state index contributed by atoms with van der Waals surface area (Å²) < 4.78 is 1.43. The van der Waals surface area contributed by atoms with Crippen molar-refractivity contribution in [3.8, 4) is 17.2 Å². The van der Waals surface area contributed by atoms with E-state index in [9.17, 15) is 20.0 Å². The van der Waals surface area contributed by atoms with Gasteiger partial charge in [-0.1, -0.05) is 48.5 Å². The summed E-state index contributed by atoms with van der Waals surface area (Å²) in [7, 11) is 0. The highest BCUT2D eigenvalue weighted by Gasteiger charge is 2.15. The fourth-order valence-electron chi connectivity index (χ4n) is 3.35. The molecule has 0 atom stereocenters. The first kappa shape index (κ1) is 17.3. The summed E-state index contributed by atoms with van der Waals surface area (Å²) in [6, 6.07) is 21.8. The third-order valence-electron chi connectivity index (χ3n) is 4.68. The maximum atomic E-state index is 12.4. The number of benzene rings is 3. The van der Waals surface area contributed by atoms with Gasteiger partial charge in [-0.25, -0.2) is 9.59 Å². The highest BCUT2D eigenvalue weighted by Crippen LogP contribution is 2.24. The monoisotopic (exact) mass is 369 g/mol. The summed E-state index contributed by atoms with van der Waals surface area (Å²) >= 11 is 0. The van der Waals surface area contributed by atoms with Crippen LogP contribution in [0.25, 0.3) is 22.2 Å². The molecule has 0 radical (unpaired) electrons. The van der Waals surface area contributed by atoms with E-state index in [1.54, 1.807) is 18.2 Å². The average Bonchev–Trinajstić information content (AvgIpc) is 3.03. The first-order valence-corrected chi connectivity index (χ1v) is 8.62. The van der Waals surface area contributed by atoms with Crippen molar-refractivity contribution >= 4 is 17.0 Å². The lowest BCUT2D eigenvalue weighted by atomic mass is 9.99. The van der Waals surface area contributed by atoms with E-state index in [1.807, 2.05) is 42.5 Å². The van der Waals surface area contributed by atoms with Crippen LogP contribution in [0, 0.1) is 11.3 Å². The number of nitrogens with one attached hydrogen (secondary N) is 1. The van der Waals surface area contributed by atoms with Crippen molar-refractivity contribution in [2.75, 3.05) is 0 Å². The lowest BCUT2D eigenvalue weighted by Crippen LogP contribution is -2.18. The van der Waals surface area contributed by atoms with Crippen molar-refractivity contribution in [3.63, 3.8) is 0 Å². The highest BCUT2D eigenvalue weighted by molar-refractivity contribution is 6.01. The molecule has 6 heteroatoms. The Bertz CT molecular complexity index is 1290. The van der Waals surface area contributed by atoms with Gasteiger partial charge in [0, 0.05) is 0 Å². The Morgan fingerprint density at radius 1 is 1.04 bits per heavy atom. The Balaban J connectivity index is 1.73. The van der Waals surface area contributed by atoms with Gasteiger partial charge < -0.3 is 10.1 Å². The largest absolute Gasteiger partial charge is 0.478 e. The molecule has 6 nitrogen and oxygen atoms in total. The summed E-state index contributed by atoms with van der Waals surface area (Å²) in [4.78, 5) is 26.6. The van der Waals surface area contributed by atoms with Gasteiger partial charge in [0.2, 0.25) is 0 Å². The van der Waals surface area contributed by atoms with Gasteiger partial charge in [0.15, 0.2) is 0 Å². The number of aromatic amines is 1. The van der Waals surface area contributed by atoms with Gasteiger partial charge in [-0.2, -0.15) is 5.26 Å². The van der Waals surface area contributed by atoms with Crippen molar-refractivity contribution in [2.45, 2.75) is 6.54 Å². The second-order valence-electron chi connectivity index (χ2n) is 6.38. The molecule has 3 aromatic carbocycles. The van der Waals surface area contributed by atoms with Crippen LogP contribution in [0.15, 0.2) is 71.5 Å². The van der Waals surface area contributed by atoms with Crippen LogP contribution in [0.4, 0.5) is 0 Å². The van der Waals surface area contributed by atoms with Gasteiger partial charge in [-0.05, 0) is 34.9 Å². The normalized spacial score (nSPS) is 10.7. The molecule has 0 saturated heterocycles. The fourth-order valence-corrected chi connectivity index (χ4v) is 3.35. The first-order valence-electron chi connectivity index (χ1n) is 8.62. The molecule has 0 aliphatic heterocycles. The van der Waals surface area contributed by atoms with Gasteiger partial charge in [-0.15, -0.1) is 0 Å². The minimum Gasteiger partial charge on any atom is -0.478 e. The van der Waals surface area contributed by atoms with E-state index in [4.69, 9.17) is 0 Å². The maximum absolute atomic E-state index is 12.4. The number of rotatable bonds is 4. The number of nitrogens with zero attached hydrogens (tertiary/aromatic N) is 2. The van der Waals surface area contributed by atoms with E-state index in [0.29, 0.717) is 16.6 Å². The van der Waals surface area contributed by atoms with Crippen molar-refractivity contribution in [2.24, 2.45) is 0 Å². The molecule has 136 valence electrons. The molecule has 0 unspecified atom stereocenters. The van der Waals surface area contributed by atoms with E-state index in [1.165, 1.54) is 10.6 Å². The number of aromatic nitrogens is 2. The second-order valence-corrected chi connectivity index (χ2v) is 6.38. The zero-order valence-electron chi connectivity index (χ0n) is 14.7. The summed E-state index contributed by atoms with van der Waals surface area (Å²) in [5.74, 6) is -1.08. The van der Waals surface area contributed by atoms with E-state index < -0.39 is 5.97 Å². The van der Waals surface area contributed by atoms with Gasteiger partial charge in [-0.3, -0.25) is 4.57 Å². The van der Waals surface area contributed by atoms with Crippen molar-refractivity contribution in [3.05, 3.63) is 93.9 Å². The molecule has 2 N–H and O–H groups in total. The topological polar surface area (TPSA) is 98.9 Å². The second kappa shape index (κ2) is 6.89. The Labute approximate surface area is 159 Å². The van der Waals surface area contributed by atoms with Crippen LogP contribution in [-0.2, 0) is 6.54 Å². The zero-order valence-corrected chi connectivity index (χ0v) is 14.7. The molecular weight excluding hydrogens is 354 g/mol.